The van der Waals surface area contributed by atoms with Crippen molar-refractivity contribution >= 4 is 15.9 Å². The van der Waals surface area contributed by atoms with Crippen molar-refractivity contribution in [3.05, 3.63) is 40.1 Å². The fourth-order valence-electron chi connectivity index (χ4n) is 1.92. The van der Waals surface area contributed by atoms with E-state index >= 15 is 0 Å². The van der Waals surface area contributed by atoms with Crippen LogP contribution in [0.2, 0.25) is 0 Å². The lowest BCUT2D eigenvalue weighted by Crippen LogP contribution is -2.10. The molecule has 0 aliphatic heterocycles. The fraction of sp³-hybridized carbons (Fsp3) is 0.308. The first-order valence-corrected chi connectivity index (χ1v) is 6.36. The van der Waals surface area contributed by atoms with Crippen LogP contribution >= 0.6 is 15.9 Å². The number of benzene rings is 1. The van der Waals surface area contributed by atoms with Crippen LogP contribution in [-0.4, -0.2) is 16.6 Å². The topological polar surface area (TPSA) is 29.9 Å². The van der Waals surface area contributed by atoms with Gasteiger partial charge in [0.1, 0.15) is 10.4 Å². The third-order valence-electron chi connectivity index (χ3n) is 2.89. The Morgan fingerprint density at radius 1 is 1.35 bits per heavy atom. The molecule has 0 bridgehead atoms. The Kier molecular flexibility index (Phi) is 3.64. The van der Waals surface area contributed by atoms with E-state index in [1.165, 1.54) is 11.1 Å². The van der Waals surface area contributed by atoms with Gasteiger partial charge >= 0.3 is 0 Å². The monoisotopic (exact) mass is 293 g/mol. The van der Waals surface area contributed by atoms with Gasteiger partial charge in [0.15, 0.2) is 0 Å². The minimum atomic E-state index is 0.802. The van der Waals surface area contributed by atoms with Crippen LogP contribution in [0.3, 0.4) is 0 Å². The van der Waals surface area contributed by atoms with Gasteiger partial charge in [-0.2, -0.15) is 0 Å². The molecule has 0 radical (unpaired) electrons. The second-order valence-corrected chi connectivity index (χ2v) is 4.83. The van der Waals surface area contributed by atoms with E-state index in [1.54, 1.807) is 0 Å². The minimum Gasteiger partial charge on any atom is -0.329 e. The predicted octanol–water partition coefficient (Wildman–Crippen LogP) is 2.88. The van der Waals surface area contributed by atoms with Gasteiger partial charge in [-0.1, -0.05) is 24.3 Å². The number of halogens is 1. The highest BCUT2D eigenvalue weighted by molar-refractivity contribution is 9.10. The number of hydrogen-bond acceptors (Lipinski definition) is 2. The first kappa shape index (κ1) is 12.3. The Balaban J connectivity index is 2.54. The molecule has 0 amide bonds. The first-order valence-electron chi connectivity index (χ1n) is 5.57. The zero-order valence-corrected chi connectivity index (χ0v) is 11.9. The van der Waals surface area contributed by atoms with Gasteiger partial charge in [0.25, 0.3) is 0 Å². The second-order valence-electron chi connectivity index (χ2n) is 4.08. The van der Waals surface area contributed by atoms with E-state index in [9.17, 15) is 0 Å². The van der Waals surface area contributed by atoms with Crippen LogP contribution < -0.4 is 5.32 Å². The molecule has 17 heavy (non-hydrogen) atoms. The van der Waals surface area contributed by atoms with Crippen molar-refractivity contribution < 1.29 is 0 Å². The van der Waals surface area contributed by atoms with Gasteiger partial charge < -0.3 is 9.88 Å². The van der Waals surface area contributed by atoms with Gasteiger partial charge in [-0.15, -0.1) is 0 Å². The Morgan fingerprint density at radius 2 is 2.06 bits per heavy atom. The van der Waals surface area contributed by atoms with Gasteiger partial charge in [0.2, 0.25) is 0 Å². The summed E-state index contributed by atoms with van der Waals surface area (Å²) in [6.07, 6.45) is 0. The summed E-state index contributed by atoms with van der Waals surface area (Å²) < 4.78 is 3.04. The van der Waals surface area contributed by atoms with E-state index < -0.39 is 0 Å². The summed E-state index contributed by atoms with van der Waals surface area (Å²) in [6.45, 7) is 2.91. The summed E-state index contributed by atoms with van der Waals surface area (Å²) in [5.41, 5.74) is 3.58. The molecule has 0 unspecified atom stereocenters. The quantitative estimate of drug-likeness (QED) is 0.943. The number of imidazole rings is 1. The smallest absolute Gasteiger partial charge is 0.141 e. The normalized spacial score (nSPS) is 10.8. The molecule has 3 nitrogen and oxygen atoms in total. The number of rotatable bonds is 3. The summed E-state index contributed by atoms with van der Waals surface area (Å²) in [4.78, 5) is 4.60. The SMILES string of the molecule is CNCc1c(Br)nc(-c2ccccc2C)n1C. The standard InChI is InChI=1S/C13H16BrN3/c1-9-6-4-5-7-10(9)13-16-12(14)11(8-15-2)17(13)3/h4-7,15H,8H2,1-3H3. The summed E-state index contributed by atoms with van der Waals surface area (Å²) in [7, 11) is 3.99. The van der Waals surface area contributed by atoms with Crippen LogP contribution in [-0.2, 0) is 13.6 Å². The number of nitrogens with one attached hydrogen (secondary N) is 1. The van der Waals surface area contributed by atoms with E-state index in [0.717, 1.165) is 22.7 Å². The van der Waals surface area contributed by atoms with Crippen molar-refractivity contribution in [1.29, 1.82) is 0 Å². The van der Waals surface area contributed by atoms with Crippen molar-refractivity contribution in [3.63, 3.8) is 0 Å². The zero-order valence-electron chi connectivity index (χ0n) is 10.3. The van der Waals surface area contributed by atoms with Crippen LogP contribution in [0, 0.1) is 6.92 Å². The Labute approximate surface area is 110 Å². The minimum absolute atomic E-state index is 0.802. The second kappa shape index (κ2) is 5.02. The highest BCUT2D eigenvalue weighted by Crippen LogP contribution is 2.26. The molecule has 0 aliphatic carbocycles. The number of hydrogen-bond donors (Lipinski definition) is 1. The van der Waals surface area contributed by atoms with Crippen molar-refractivity contribution in [2.45, 2.75) is 13.5 Å². The van der Waals surface area contributed by atoms with Crippen LogP contribution in [0.1, 0.15) is 11.3 Å². The van der Waals surface area contributed by atoms with Crippen molar-refractivity contribution in [2.75, 3.05) is 7.05 Å². The van der Waals surface area contributed by atoms with E-state index in [0.29, 0.717) is 0 Å². The van der Waals surface area contributed by atoms with Gasteiger partial charge in [-0.05, 0) is 35.5 Å². The number of aromatic nitrogens is 2. The molecule has 2 rings (SSSR count). The zero-order chi connectivity index (χ0) is 12.4. The van der Waals surface area contributed by atoms with E-state index in [2.05, 4.69) is 49.9 Å². The molecular weight excluding hydrogens is 278 g/mol. The molecule has 0 saturated heterocycles. The summed E-state index contributed by atoms with van der Waals surface area (Å²) in [5.74, 6) is 1.00. The maximum absolute atomic E-state index is 4.60. The molecule has 90 valence electrons. The first-order chi connectivity index (χ1) is 8.15. The van der Waals surface area contributed by atoms with Crippen molar-refractivity contribution in [1.82, 2.24) is 14.9 Å². The molecule has 1 N–H and O–H groups in total. The average Bonchev–Trinajstić information content (AvgIpc) is 2.58. The molecule has 2 aromatic rings. The highest BCUT2D eigenvalue weighted by atomic mass is 79.9. The maximum atomic E-state index is 4.60. The third-order valence-corrected chi connectivity index (χ3v) is 3.53. The van der Waals surface area contributed by atoms with Gasteiger partial charge in [0, 0.05) is 19.2 Å². The number of aryl methyl sites for hydroxylation is 1. The Bertz CT molecular complexity index is 531. The van der Waals surface area contributed by atoms with Crippen molar-refractivity contribution in [2.24, 2.45) is 7.05 Å². The van der Waals surface area contributed by atoms with Crippen LogP contribution in [0.4, 0.5) is 0 Å². The largest absolute Gasteiger partial charge is 0.329 e. The molecule has 4 heteroatoms. The van der Waals surface area contributed by atoms with Crippen LogP contribution in [0.25, 0.3) is 11.4 Å². The molecule has 1 aromatic carbocycles. The summed E-state index contributed by atoms with van der Waals surface area (Å²) in [5, 5.41) is 3.15. The third kappa shape index (κ3) is 2.28. The molecule has 0 spiro atoms. The average molecular weight is 294 g/mol. The molecule has 0 aliphatic rings. The lowest BCUT2D eigenvalue weighted by molar-refractivity contribution is 0.734. The van der Waals surface area contributed by atoms with E-state index in [1.807, 2.05) is 26.2 Å². The molecule has 1 heterocycles. The predicted molar refractivity (Wildman–Crippen MR) is 73.8 cm³/mol. The van der Waals surface area contributed by atoms with Crippen LogP contribution in [0.5, 0.6) is 0 Å². The maximum Gasteiger partial charge on any atom is 0.141 e. The summed E-state index contributed by atoms with van der Waals surface area (Å²) >= 11 is 3.52. The van der Waals surface area contributed by atoms with E-state index in [4.69, 9.17) is 0 Å². The van der Waals surface area contributed by atoms with Gasteiger partial charge in [-0.3, -0.25) is 0 Å². The summed E-state index contributed by atoms with van der Waals surface area (Å²) in [6, 6.07) is 8.30. The van der Waals surface area contributed by atoms with Crippen LogP contribution in [0.15, 0.2) is 28.9 Å². The van der Waals surface area contributed by atoms with Gasteiger partial charge in [-0.25, -0.2) is 4.98 Å². The highest BCUT2D eigenvalue weighted by Gasteiger charge is 2.14. The van der Waals surface area contributed by atoms with E-state index in [-0.39, 0.29) is 0 Å². The Hall–Kier alpha value is -1.13. The fourth-order valence-corrected chi connectivity index (χ4v) is 2.50. The molecule has 0 saturated carbocycles. The molecular formula is C13H16BrN3. The van der Waals surface area contributed by atoms with Crippen molar-refractivity contribution in [3.8, 4) is 11.4 Å². The molecule has 0 atom stereocenters. The molecule has 0 fully saturated rings. The lowest BCUT2D eigenvalue weighted by atomic mass is 10.1. The number of nitrogens with zero attached hydrogens (tertiary/aromatic N) is 2. The Morgan fingerprint density at radius 3 is 2.71 bits per heavy atom. The molecule has 1 aromatic heterocycles. The lowest BCUT2D eigenvalue weighted by Gasteiger charge is -2.07. The van der Waals surface area contributed by atoms with Gasteiger partial charge in [0.05, 0.1) is 5.69 Å².